The van der Waals surface area contributed by atoms with Gasteiger partial charge in [-0.3, -0.25) is 0 Å². The second-order valence-corrected chi connectivity index (χ2v) is 7.77. The maximum absolute atomic E-state index is 2.46. The summed E-state index contributed by atoms with van der Waals surface area (Å²) in [7, 11) is 0. The quantitative estimate of drug-likeness (QED) is 0.622. The molecule has 0 unspecified atom stereocenters. The van der Waals surface area contributed by atoms with Crippen molar-refractivity contribution in [3.05, 3.63) is 46.5 Å². The van der Waals surface area contributed by atoms with Gasteiger partial charge >= 0.3 is 0 Å². The fourth-order valence-electron chi connectivity index (χ4n) is 4.91. The monoisotopic (exact) mass is 270 g/mol. The number of allylic oxidation sites excluding steroid dienone is 2. The Morgan fingerprint density at radius 1 is 1.00 bits per heavy atom. The van der Waals surface area contributed by atoms with Crippen molar-refractivity contribution in [2.75, 3.05) is 11.5 Å². The molecule has 1 saturated heterocycles. The van der Waals surface area contributed by atoms with Crippen molar-refractivity contribution in [3.63, 3.8) is 0 Å². The van der Waals surface area contributed by atoms with Crippen LogP contribution in [-0.2, 0) is 11.8 Å². The highest BCUT2D eigenvalue weighted by atomic mass is 32.2. The zero-order valence-corrected chi connectivity index (χ0v) is 12.8. The van der Waals surface area contributed by atoms with E-state index in [1.807, 2.05) is 0 Å². The van der Waals surface area contributed by atoms with Crippen molar-refractivity contribution in [1.82, 2.24) is 0 Å². The fourth-order valence-corrected chi connectivity index (χ4v) is 6.86. The molecular weight excluding hydrogens is 248 g/mol. The van der Waals surface area contributed by atoms with Crippen LogP contribution in [0.15, 0.2) is 24.3 Å². The summed E-state index contributed by atoms with van der Waals surface area (Å²) in [5, 5.41) is 0. The molecule has 1 aromatic carbocycles. The molecule has 3 aliphatic rings. The molecule has 0 amide bonds. The minimum Gasteiger partial charge on any atom is -0.160 e. The molecule has 0 aromatic heterocycles. The Morgan fingerprint density at radius 2 is 1.79 bits per heavy atom. The van der Waals surface area contributed by atoms with Gasteiger partial charge in [-0.25, -0.2) is 0 Å². The Balaban J connectivity index is 2.03. The summed E-state index contributed by atoms with van der Waals surface area (Å²) in [5.41, 5.74) is 7.52. The Hall–Kier alpha value is -0.690. The predicted octanol–water partition coefficient (Wildman–Crippen LogP) is 4.57. The standard InChI is InChI=1S/C18H22S/c1-13-5-6-14(2)16-15(13)7-10-17-8-3-4-9-18(16,17)12-19-11-17/h3-6H,7-12H2,1-2H3/t17-,18-/m0/s1. The first-order chi connectivity index (χ1) is 9.19. The molecule has 1 heterocycles. The van der Waals surface area contributed by atoms with Crippen molar-refractivity contribution >= 4 is 11.8 Å². The van der Waals surface area contributed by atoms with Gasteiger partial charge in [0, 0.05) is 16.9 Å². The lowest BCUT2D eigenvalue weighted by Gasteiger charge is -2.52. The van der Waals surface area contributed by atoms with E-state index in [0.717, 1.165) is 0 Å². The highest BCUT2D eigenvalue weighted by molar-refractivity contribution is 7.99. The molecular formula is C18H22S. The fraction of sp³-hybridized carbons (Fsp3) is 0.556. The summed E-state index contributed by atoms with van der Waals surface area (Å²) in [6.07, 6.45) is 10.2. The second-order valence-electron chi connectivity index (χ2n) is 6.79. The molecule has 1 fully saturated rings. The summed E-state index contributed by atoms with van der Waals surface area (Å²) in [6.45, 7) is 4.65. The average molecular weight is 270 g/mol. The molecule has 100 valence electrons. The molecule has 2 aliphatic carbocycles. The van der Waals surface area contributed by atoms with Gasteiger partial charge < -0.3 is 0 Å². The molecule has 1 aliphatic heterocycles. The van der Waals surface area contributed by atoms with E-state index in [1.165, 1.54) is 42.8 Å². The van der Waals surface area contributed by atoms with E-state index in [0.29, 0.717) is 10.8 Å². The molecule has 0 spiro atoms. The number of fused-ring (bicyclic) bond motifs is 1. The Labute approximate surface area is 120 Å². The highest BCUT2D eigenvalue weighted by Gasteiger charge is 2.58. The van der Waals surface area contributed by atoms with Gasteiger partial charge in [0.1, 0.15) is 0 Å². The van der Waals surface area contributed by atoms with E-state index >= 15 is 0 Å². The smallest absolute Gasteiger partial charge is 0.0151 e. The molecule has 0 bridgehead atoms. The van der Waals surface area contributed by atoms with Gasteiger partial charge in [0.2, 0.25) is 0 Å². The first-order valence-electron chi connectivity index (χ1n) is 7.51. The van der Waals surface area contributed by atoms with Crippen molar-refractivity contribution in [2.24, 2.45) is 5.41 Å². The van der Waals surface area contributed by atoms with Gasteiger partial charge in [-0.05, 0) is 67.2 Å². The van der Waals surface area contributed by atoms with Crippen LogP contribution in [0.1, 0.15) is 41.5 Å². The van der Waals surface area contributed by atoms with E-state index < -0.39 is 0 Å². The molecule has 19 heavy (non-hydrogen) atoms. The summed E-state index contributed by atoms with van der Waals surface area (Å²) in [6, 6.07) is 4.69. The van der Waals surface area contributed by atoms with Crippen LogP contribution in [-0.4, -0.2) is 11.5 Å². The lowest BCUT2D eigenvalue weighted by Crippen LogP contribution is -2.50. The van der Waals surface area contributed by atoms with Crippen LogP contribution in [0.5, 0.6) is 0 Å². The van der Waals surface area contributed by atoms with Crippen LogP contribution in [0, 0.1) is 19.3 Å². The zero-order valence-electron chi connectivity index (χ0n) is 12.0. The molecule has 0 N–H and O–H groups in total. The van der Waals surface area contributed by atoms with E-state index in [9.17, 15) is 0 Å². The normalized spacial score (nSPS) is 35.7. The van der Waals surface area contributed by atoms with Gasteiger partial charge in [0.25, 0.3) is 0 Å². The molecule has 0 nitrogen and oxygen atoms in total. The summed E-state index contributed by atoms with van der Waals surface area (Å²) < 4.78 is 0. The van der Waals surface area contributed by atoms with Gasteiger partial charge in [0.15, 0.2) is 0 Å². The number of hydrogen-bond acceptors (Lipinski definition) is 1. The minimum absolute atomic E-state index is 0.454. The van der Waals surface area contributed by atoms with Gasteiger partial charge in [-0.2, -0.15) is 11.8 Å². The zero-order chi connectivity index (χ0) is 13.1. The Morgan fingerprint density at radius 3 is 2.68 bits per heavy atom. The lowest BCUT2D eigenvalue weighted by molar-refractivity contribution is 0.141. The van der Waals surface area contributed by atoms with Gasteiger partial charge in [-0.1, -0.05) is 24.3 Å². The maximum atomic E-state index is 2.46. The van der Waals surface area contributed by atoms with Crippen LogP contribution in [0.2, 0.25) is 0 Å². The van der Waals surface area contributed by atoms with E-state index in [2.05, 4.69) is 49.9 Å². The highest BCUT2D eigenvalue weighted by Crippen LogP contribution is 2.63. The number of thioether (sulfide) groups is 1. The van der Waals surface area contributed by atoms with E-state index in [1.54, 1.807) is 16.7 Å². The SMILES string of the molecule is Cc1ccc(C)c2c1CC[C@]13CC=CC[C@]21CSC3. The largest absolute Gasteiger partial charge is 0.160 e. The topological polar surface area (TPSA) is 0 Å². The van der Waals surface area contributed by atoms with Crippen LogP contribution < -0.4 is 0 Å². The Bertz CT molecular complexity index is 571. The third kappa shape index (κ3) is 1.38. The predicted molar refractivity (Wildman–Crippen MR) is 84.0 cm³/mol. The molecule has 1 heteroatoms. The molecule has 0 saturated carbocycles. The van der Waals surface area contributed by atoms with Crippen LogP contribution in [0.4, 0.5) is 0 Å². The van der Waals surface area contributed by atoms with Crippen LogP contribution in [0.3, 0.4) is 0 Å². The lowest BCUT2D eigenvalue weighted by atomic mass is 9.50. The molecule has 2 atom stereocenters. The number of aryl methyl sites for hydroxylation is 2. The van der Waals surface area contributed by atoms with Gasteiger partial charge in [-0.15, -0.1) is 0 Å². The average Bonchev–Trinajstić information content (AvgIpc) is 2.82. The molecule has 1 aromatic rings. The van der Waals surface area contributed by atoms with E-state index in [4.69, 9.17) is 0 Å². The molecule has 0 radical (unpaired) electrons. The second kappa shape index (κ2) is 3.91. The summed E-state index contributed by atoms with van der Waals surface area (Å²) in [4.78, 5) is 0. The van der Waals surface area contributed by atoms with Crippen molar-refractivity contribution in [2.45, 2.75) is 44.9 Å². The van der Waals surface area contributed by atoms with E-state index in [-0.39, 0.29) is 0 Å². The number of benzene rings is 1. The van der Waals surface area contributed by atoms with Crippen LogP contribution >= 0.6 is 11.8 Å². The number of hydrogen-bond donors (Lipinski definition) is 0. The molecule has 4 rings (SSSR count). The Kier molecular flexibility index (Phi) is 2.49. The van der Waals surface area contributed by atoms with Crippen molar-refractivity contribution in [3.8, 4) is 0 Å². The third-order valence-corrected chi connectivity index (χ3v) is 7.42. The number of rotatable bonds is 0. The summed E-state index contributed by atoms with van der Waals surface area (Å²) in [5.74, 6) is 2.72. The third-order valence-electron chi connectivity index (χ3n) is 5.97. The summed E-state index contributed by atoms with van der Waals surface area (Å²) >= 11 is 2.20. The first kappa shape index (κ1) is 12.1. The van der Waals surface area contributed by atoms with Crippen molar-refractivity contribution < 1.29 is 0 Å². The van der Waals surface area contributed by atoms with Crippen LogP contribution in [0.25, 0.3) is 0 Å². The van der Waals surface area contributed by atoms with Gasteiger partial charge in [0.05, 0.1) is 0 Å². The van der Waals surface area contributed by atoms with Crippen molar-refractivity contribution in [1.29, 1.82) is 0 Å². The first-order valence-corrected chi connectivity index (χ1v) is 8.66. The maximum Gasteiger partial charge on any atom is 0.0151 e. The minimum atomic E-state index is 0.454.